The van der Waals surface area contributed by atoms with E-state index in [9.17, 15) is 9.59 Å². The SMILES string of the molecule is CC(C)(CBr)CN1C(=O)c2ccccc2C1=O. The van der Waals surface area contributed by atoms with Gasteiger partial charge in [0.2, 0.25) is 0 Å². The fourth-order valence-corrected chi connectivity index (χ4v) is 2.03. The average Bonchev–Trinajstić information content (AvgIpc) is 2.55. The highest BCUT2D eigenvalue weighted by atomic mass is 79.9. The summed E-state index contributed by atoms with van der Waals surface area (Å²) in [4.78, 5) is 25.5. The zero-order valence-corrected chi connectivity index (χ0v) is 11.5. The van der Waals surface area contributed by atoms with E-state index in [0.29, 0.717) is 17.7 Å². The first-order valence-electron chi connectivity index (χ1n) is 5.47. The summed E-state index contributed by atoms with van der Waals surface area (Å²) in [6.07, 6.45) is 0. The Morgan fingerprint density at radius 1 is 1.12 bits per heavy atom. The van der Waals surface area contributed by atoms with Gasteiger partial charge in [-0.3, -0.25) is 14.5 Å². The first kappa shape index (κ1) is 12.3. The second kappa shape index (κ2) is 4.26. The van der Waals surface area contributed by atoms with Crippen LogP contribution in [0.25, 0.3) is 0 Å². The molecule has 0 fully saturated rings. The Kier molecular flexibility index (Phi) is 3.08. The number of alkyl halides is 1. The van der Waals surface area contributed by atoms with Crippen LogP contribution in [0.2, 0.25) is 0 Å². The number of halogens is 1. The van der Waals surface area contributed by atoms with Gasteiger partial charge >= 0.3 is 0 Å². The van der Waals surface area contributed by atoms with Gasteiger partial charge in [-0.15, -0.1) is 0 Å². The molecule has 0 unspecified atom stereocenters. The van der Waals surface area contributed by atoms with Gasteiger partial charge in [-0.2, -0.15) is 0 Å². The molecule has 4 heteroatoms. The smallest absolute Gasteiger partial charge is 0.261 e. The van der Waals surface area contributed by atoms with Crippen molar-refractivity contribution in [2.75, 3.05) is 11.9 Å². The molecule has 1 aliphatic heterocycles. The molecule has 0 saturated carbocycles. The van der Waals surface area contributed by atoms with Crippen LogP contribution in [0.4, 0.5) is 0 Å². The van der Waals surface area contributed by atoms with Crippen molar-refractivity contribution in [3.63, 3.8) is 0 Å². The molecule has 1 aromatic rings. The van der Waals surface area contributed by atoms with Gasteiger partial charge in [-0.25, -0.2) is 0 Å². The Balaban J connectivity index is 2.31. The van der Waals surface area contributed by atoms with E-state index in [2.05, 4.69) is 15.9 Å². The topological polar surface area (TPSA) is 37.4 Å². The van der Waals surface area contributed by atoms with Crippen molar-refractivity contribution < 1.29 is 9.59 Å². The third kappa shape index (κ3) is 2.14. The lowest BCUT2D eigenvalue weighted by Gasteiger charge is -2.26. The monoisotopic (exact) mass is 295 g/mol. The van der Waals surface area contributed by atoms with Crippen molar-refractivity contribution in [1.82, 2.24) is 4.90 Å². The summed E-state index contributed by atoms with van der Waals surface area (Å²) < 4.78 is 0. The Morgan fingerprint density at radius 3 is 2.00 bits per heavy atom. The third-order valence-corrected chi connectivity index (χ3v) is 4.34. The summed E-state index contributed by atoms with van der Waals surface area (Å²) in [6.45, 7) is 4.47. The molecular weight excluding hydrogens is 282 g/mol. The molecule has 0 aromatic heterocycles. The Morgan fingerprint density at radius 2 is 1.59 bits per heavy atom. The van der Waals surface area contributed by atoms with Gasteiger partial charge in [0.05, 0.1) is 11.1 Å². The van der Waals surface area contributed by atoms with Crippen molar-refractivity contribution in [2.24, 2.45) is 5.41 Å². The quantitative estimate of drug-likeness (QED) is 0.635. The number of carbonyl (C=O) groups excluding carboxylic acids is 2. The molecule has 17 heavy (non-hydrogen) atoms. The van der Waals surface area contributed by atoms with Crippen molar-refractivity contribution >= 4 is 27.7 Å². The van der Waals surface area contributed by atoms with E-state index < -0.39 is 0 Å². The maximum atomic E-state index is 12.1. The van der Waals surface area contributed by atoms with E-state index in [4.69, 9.17) is 0 Å². The lowest BCUT2D eigenvalue weighted by Crippen LogP contribution is -2.39. The molecular formula is C13H14BrNO2. The largest absolute Gasteiger partial charge is 0.274 e. The van der Waals surface area contributed by atoms with Crippen molar-refractivity contribution in [3.8, 4) is 0 Å². The zero-order chi connectivity index (χ0) is 12.6. The normalized spacial score (nSPS) is 15.4. The molecule has 0 radical (unpaired) electrons. The number of fused-ring (bicyclic) bond motifs is 1. The Bertz CT molecular complexity index is 447. The van der Waals surface area contributed by atoms with Gasteiger partial charge in [-0.05, 0) is 17.5 Å². The predicted molar refractivity (Wildman–Crippen MR) is 69.4 cm³/mol. The fourth-order valence-electron chi connectivity index (χ4n) is 1.85. The molecule has 0 atom stereocenters. The minimum Gasteiger partial charge on any atom is -0.274 e. The molecule has 1 heterocycles. The molecule has 90 valence electrons. The lowest BCUT2D eigenvalue weighted by molar-refractivity contribution is 0.0603. The molecule has 2 rings (SSSR count). The highest BCUT2D eigenvalue weighted by Crippen LogP contribution is 2.27. The molecule has 2 amide bonds. The van der Waals surface area contributed by atoms with E-state index in [1.165, 1.54) is 4.90 Å². The van der Waals surface area contributed by atoms with Crippen molar-refractivity contribution in [1.29, 1.82) is 0 Å². The van der Waals surface area contributed by atoms with Crippen LogP contribution in [0.1, 0.15) is 34.6 Å². The molecule has 0 spiro atoms. The molecule has 0 aliphatic carbocycles. The summed E-state index contributed by atoms with van der Waals surface area (Å²) in [6, 6.07) is 6.97. The van der Waals surface area contributed by atoms with Crippen LogP contribution in [-0.2, 0) is 0 Å². The van der Waals surface area contributed by atoms with Crippen LogP contribution in [0, 0.1) is 5.41 Å². The van der Waals surface area contributed by atoms with E-state index in [-0.39, 0.29) is 17.2 Å². The molecule has 0 N–H and O–H groups in total. The third-order valence-electron chi connectivity index (χ3n) is 2.83. The molecule has 0 bridgehead atoms. The first-order chi connectivity index (χ1) is 7.96. The van der Waals surface area contributed by atoms with Gasteiger partial charge in [0.1, 0.15) is 0 Å². The first-order valence-corrected chi connectivity index (χ1v) is 6.59. The summed E-state index contributed by atoms with van der Waals surface area (Å²) in [5.41, 5.74) is 0.915. The highest BCUT2D eigenvalue weighted by Gasteiger charge is 2.37. The van der Waals surface area contributed by atoms with Crippen LogP contribution in [-0.4, -0.2) is 28.6 Å². The number of benzene rings is 1. The number of amides is 2. The van der Waals surface area contributed by atoms with E-state index >= 15 is 0 Å². The maximum Gasteiger partial charge on any atom is 0.261 e. The van der Waals surface area contributed by atoms with E-state index in [1.54, 1.807) is 24.3 Å². The number of hydrogen-bond acceptors (Lipinski definition) is 2. The van der Waals surface area contributed by atoms with Gasteiger partial charge in [0, 0.05) is 11.9 Å². The minimum atomic E-state index is -0.181. The molecule has 1 aromatic carbocycles. The van der Waals surface area contributed by atoms with E-state index in [1.807, 2.05) is 13.8 Å². The average molecular weight is 296 g/mol. The Labute approximate surface area is 109 Å². The second-order valence-electron chi connectivity index (χ2n) is 5.04. The number of imide groups is 1. The van der Waals surface area contributed by atoms with Gasteiger partial charge < -0.3 is 0 Å². The van der Waals surface area contributed by atoms with Crippen LogP contribution >= 0.6 is 15.9 Å². The standard InChI is InChI=1S/C13H14BrNO2/c1-13(2,7-14)8-15-11(16)9-5-3-4-6-10(9)12(15)17/h3-6H,7-8H2,1-2H3. The maximum absolute atomic E-state index is 12.1. The highest BCUT2D eigenvalue weighted by molar-refractivity contribution is 9.09. The fraction of sp³-hybridized carbons (Fsp3) is 0.385. The summed E-state index contributed by atoms with van der Waals surface area (Å²) in [5.74, 6) is -0.362. The summed E-state index contributed by atoms with van der Waals surface area (Å²) >= 11 is 3.40. The molecule has 0 saturated heterocycles. The van der Waals surface area contributed by atoms with Crippen molar-refractivity contribution in [2.45, 2.75) is 13.8 Å². The van der Waals surface area contributed by atoms with Crippen molar-refractivity contribution in [3.05, 3.63) is 35.4 Å². The van der Waals surface area contributed by atoms with E-state index in [0.717, 1.165) is 5.33 Å². The minimum absolute atomic E-state index is 0.118. The second-order valence-corrected chi connectivity index (χ2v) is 5.60. The van der Waals surface area contributed by atoms with Crippen LogP contribution in [0.5, 0.6) is 0 Å². The lowest BCUT2D eigenvalue weighted by atomic mass is 9.96. The van der Waals surface area contributed by atoms with Gasteiger partial charge in [-0.1, -0.05) is 41.9 Å². The molecule has 1 aliphatic rings. The van der Waals surface area contributed by atoms with Crippen LogP contribution < -0.4 is 0 Å². The number of carbonyl (C=O) groups is 2. The van der Waals surface area contributed by atoms with Gasteiger partial charge in [0.25, 0.3) is 11.8 Å². The summed E-state index contributed by atoms with van der Waals surface area (Å²) in [5, 5.41) is 0.743. The number of hydrogen-bond donors (Lipinski definition) is 0. The summed E-state index contributed by atoms with van der Waals surface area (Å²) in [7, 11) is 0. The predicted octanol–water partition coefficient (Wildman–Crippen LogP) is 2.70. The zero-order valence-electron chi connectivity index (χ0n) is 9.87. The number of nitrogens with zero attached hydrogens (tertiary/aromatic N) is 1. The van der Waals surface area contributed by atoms with Crippen LogP contribution in [0.3, 0.4) is 0 Å². The van der Waals surface area contributed by atoms with Gasteiger partial charge in [0.15, 0.2) is 0 Å². The van der Waals surface area contributed by atoms with Crippen LogP contribution in [0.15, 0.2) is 24.3 Å². The number of rotatable bonds is 3. The Hall–Kier alpha value is -1.16. The molecule has 3 nitrogen and oxygen atoms in total.